The molecule has 0 amide bonds. The molecule has 3 rings (SSSR count). The number of aryl methyl sites for hydroxylation is 2. The van der Waals surface area contributed by atoms with E-state index in [0.29, 0.717) is 5.95 Å². The molecule has 4 heteroatoms. The van der Waals surface area contributed by atoms with Crippen molar-refractivity contribution in [3.8, 4) is 11.3 Å². The highest BCUT2D eigenvalue weighted by Gasteiger charge is 2.05. The molecule has 1 aromatic heterocycles. The van der Waals surface area contributed by atoms with Gasteiger partial charge in [0.1, 0.15) is 0 Å². The lowest BCUT2D eigenvalue weighted by molar-refractivity contribution is 0.795. The zero-order valence-electron chi connectivity index (χ0n) is 16.2. The van der Waals surface area contributed by atoms with E-state index in [4.69, 9.17) is 0 Å². The van der Waals surface area contributed by atoms with E-state index >= 15 is 0 Å². The van der Waals surface area contributed by atoms with Crippen molar-refractivity contribution < 1.29 is 0 Å². The topological polar surface area (TPSA) is 50.2 Å². The second-order valence-electron chi connectivity index (χ2n) is 6.69. The summed E-state index contributed by atoms with van der Waals surface area (Å²) in [4.78, 5) is 9.03. The molecule has 4 nitrogen and oxygen atoms in total. The standard InChI is InChI=1S/C23H26N4/c1-4-5-9-19-12-14-20(15-13-19)18(3)26-27-23-24-17(2)16-22(25-23)21-10-7-6-8-11-21/h6-8,10-16H,4-5,9H2,1-3H3,(H,24,25,27). The third-order valence-electron chi connectivity index (χ3n) is 4.44. The summed E-state index contributed by atoms with van der Waals surface area (Å²) in [5.41, 5.74) is 9.24. The molecule has 0 aliphatic rings. The fourth-order valence-electron chi connectivity index (χ4n) is 2.87. The van der Waals surface area contributed by atoms with Crippen molar-refractivity contribution in [1.29, 1.82) is 0 Å². The van der Waals surface area contributed by atoms with Gasteiger partial charge in [-0.15, -0.1) is 0 Å². The van der Waals surface area contributed by atoms with E-state index in [1.807, 2.05) is 50.2 Å². The van der Waals surface area contributed by atoms with Crippen LogP contribution in [0.25, 0.3) is 11.3 Å². The van der Waals surface area contributed by atoms with Crippen LogP contribution in [0.15, 0.2) is 65.8 Å². The molecule has 0 saturated heterocycles. The molecule has 0 radical (unpaired) electrons. The van der Waals surface area contributed by atoms with Crippen LogP contribution in [0, 0.1) is 6.92 Å². The maximum absolute atomic E-state index is 4.59. The first-order chi connectivity index (χ1) is 13.2. The molecule has 1 N–H and O–H groups in total. The van der Waals surface area contributed by atoms with Crippen LogP contribution in [0.4, 0.5) is 5.95 Å². The highest BCUT2D eigenvalue weighted by atomic mass is 15.4. The monoisotopic (exact) mass is 358 g/mol. The third-order valence-corrected chi connectivity index (χ3v) is 4.44. The first kappa shape index (κ1) is 18.8. The Morgan fingerprint density at radius 2 is 1.74 bits per heavy atom. The van der Waals surface area contributed by atoms with Crippen molar-refractivity contribution in [3.63, 3.8) is 0 Å². The van der Waals surface area contributed by atoms with Gasteiger partial charge < -0.3 is 0 Å². The van der Waals surface area contributed by atoms with Crippen LogP contribution in [-0.2, 0) is 6.42 Å². The zero-order chi connectivity index (χ0) is 19.1. The highest BCUT2D eigenvalue weighted by Crippen LogP contribution is 2.18. The molecule has 0 fully saturated rings. The van der Waals surface area contributed by atoms with E-state index < -0.39 is 0 Å². The fourth-order valence-corrected chi connectivity index (χ4v) is 2.87. The third kappa shape index (κ3) is 5.23. The second kappa shape index (κ2) is 9.08. The molecule has 2 aromatic carbocycles. The lowest BCUT2D eigenvalue weighted by atomic mass is 10.0. The maximum atomic E-state index is 4.59. The van der Waals surface area contributed by atoms with Gasteiger partial charge in [-0.3, -0.25) is 0 Å². The van der Waals surface area contributed by atoms with Crippen LogP contribution >= 0.6 is 0 Å². The van der Waals surface area contributed by atoms with Gasteiger partial charge in [0.25, 0.3) is 0 Å². The molecule has 0 aliphatic carbocycles. The van der Waals surface area contributed by atoms with Gasteiger partial charge >= 0.3 is 0 Å². The maximum Gasteiger partial charge on any atom is 0.244 e. The van der Waals surface area contributed by atoms with E-state index in [0.717, 1.165) is 34.6 Å². The highest BCUT2D eigenvalue weighted by molar-refractivity contribution is 5.99. The van der Waals surface area contributed by atoms with Gasteiger partial charge in [-0.05, 0) is 43.9 Å². The number of rotatable bonds is 7. The second-order valence-corrected chi connectivity index (χ2v) is 6.69. The van der Waals surface area contributed by atoms with Crippen molar-refractivity contribution in [1.82, 2.24) is 9.97 Å². The number of hydrogen-bond donors (Lipinski definition) is 1. The summed E-state index contributed by atoms with van der Waals surface area (Å²) in [6.45, 7) is 6.17. The number of aromatic nitrogens is 2. The SMILES string of the molecule is CCCCc1ccc(C(C)=NNc2nc(C)cc(-c3ccccc3)n2)cc1. The van der Waals surface area contributed by atoms with Crippen LogP contribution in [-0.4, -0.2) is 15.7 Å². The van der Waals surface area contributed by atoms with E-state index in [2.05, 4.69) is 51.7 Å². The van der Waals surface area contributed by atoms with E-state index in [9.17, 15) is 0 Å². The number of nitrogens with one attached hydrogen (secondary N) is 1. The first-order valence-corrected chi connectivity index (χ1v) is 9.46. The van der Waals surface area contributed by atoms with Crippen LogP contribution in [0.3, 0.4) is 0 Å². The number of hydrogen-bond acceptors (Lipinski definition) is 4. The average Bonchev–Trinajstić information content (AvgIpc) is 2.71. The molecule has 138 valence electrons. The van der Waals surface area contributed by atoms with Gasteiger partial charge in [-0.25, -0.2) is 15.4 Å². The summed E-state index contributed by atoms with van der Waals surface area (Å²) in [7, 11) is 0. The van der Waals surface area contributed by atoms with Crippen molar-refractivity contribution >= 4 is 11.7 Å². The molecular weight excluding hydrogens is 332 g/mol. The van der Waals surface area contributed by atoms with Crippen molar-refractivity contribution in [2.24, 2.45) is 5.10 Å². The first-order valence-electron chi connectivity index (χ1n) is 9.46. The quantitative estimate of drug-likeness (QED) is 0.440. The molecule has 3 aromatic rings. The van der Waals surface area contributed by atoms with E-state index in [1.54, 1.807) is 0 Å². The Balaban J connectivity index is 1.74. The minimum atomic E-state index is 0.507. The molecule has 0 saturated carbocycles. The molecule has 1 heterocycles. The molecule has 27 heavy (non-hydrogen) atoms. The summed E-state index contributed by atoms with van der Waals surface area (Å²) in [5.74, 6) is 0.507. The fraction of sp³-hybridized carbons (Fsp3) is 0.261. The van der Waals surface area contributed by atoms with Gasteiger partial charge in [0.15, 0.2) is 0 Å². The average molecular weight is 358 g/mol. The normalized spacial score (nSPS) is 11.4. The summed E-state index contributed by atoms with van der Waals surface area (Å²) in [6, 6.07) is 20.7. The number of hydrazone groups is 1. The number of benzene rings is 2. The van der Waals surface area contributed by atoms with Crippen molar-refractivity contribution in [3.05, 3.63) is 77.5 Å². The van der Waals surface area contributed by atoms with Crippen molar-refractivity contribution in [2.75, 3.05) is 5.43 Å². The zero-order valence-corrected chi connectivity index (χ0v) is 16.2. The summed E-state index contributed by atoms with van der Waals surface area (Å²) < 4.78 is 0. The van der Waals surface area contributed by atoms with Crippen LogP contribution < -0.4 is 5.43 Å². The van der Waals surface area contributed by atoms with Crippen LogP contribution in [0.1, 0.15) is 43.5 Å². The Morgan fingerprint density at radius 3 is 2.44 bits per heavy atom. The Labute approximate surface area is 161 Å². The van der Waals surface area contributed by atoms with Gasteiger partial charge in [0, 0.05) is 11.3 Å². The van der Waals surface area contributed by atoms with Crippen LogP contribution in [0.2, 0.25) is 0 Å². The summed E-state index contributed by atoms with van der Waals surface area (Å²) in [5, 5.41) is 4.47. The van der Waals surface area contributed by atoms with Gasteiger partial charge in [0.2, 0.25) is 5.95 Å². The molecule has 0 unspecified atom stereocenters. The minimum Gasteiger partial charge on any atom is -0.245 e. The number of unbranched alkanes of at least 4 members (excludes halogenated alkanes) is 1. The molecular formula is C23H26N4. The van der Waals surface area contributed by atoms with Gasteiger partial charge in [0.05, 0.1) is 11.4 Å². The smallest absolute Gasteiger partial charge is 0.244 e. The largest absolute Gasteiger partial charge is 0.245 e. The van der Waals surface area contributed by atoms with Gasteiger partial charge in [-0.1, -0.05) is 67.9 Å². The lowest BCUT2D eigenvalue weighted by Gasteiger charge is -2.07. The molecule has 0 atom stereocenters. The predicted molar refractivity (Wildman–Crippen MR) is 113 cm³/mol. The Hall–Kier alpha value is -3.01. The summed E-state index contributed by atoms with van der Waals surface area (Å²) in [6.07, 6.45) is 3.57. The van der Waals surface area contributed by atoms with E-state index in [-0.39, 0.29) is 0 Å². The lowest BCUT2D eigenvalue weighted by Crippen LogP contribution is -2.04. The molecule has 0 spiro atoms. The molecule has 0 aliphatic heterocycles. The van der Waals surface area contributed by atoms with Crippen LogP contribution in [0.5, 0.6) is 0 Å². The van der Waals surface area contributed by atoms with Crippen molar-refractivity contribution in [2.45, 2.75) is 40.0 Å². The summed E-state index contributed by atoms with van der Waals surface area (Å²) >= 11 is 0. The number of anilines is 1. The molecule has 0 bridgehead atoms. The number of nitrogens with zero attached hydrogens (tertiary/aromatic N) is 3. The minimum absolute atomic E-state index is 0.507. The Morgan fingerprint density at radius 1 is 1.00 bits per heavy atom. The Kier molecular flexibility index (Phi) is 6.31. The predicted octanol–water partition coefficient (Wildman–Crippen LogP) is 5.63. The van der Waals surface area contributed by atoms with Gasteiger partial charge in [-0.2, -0.15) is 5.10 Å². The Bertz CT molecular complexity index is 899. The van der Waals surface area contributed by atoms with E-state index in [1.165, 1.54) is 18.4 Å².